The molecule has 5 heteroatoms. The lowest BCUT2D eigenvalue weighted by Gasteiger charge is -2.10. The minimum Gasteiger partial charge on any atom is -0.481 e. The van der Waals surface area contributed by atoms with Gasteiger partial charge in [0.1, 0.15) is 5.82 Å². The van der Waals surface area contributed by atoms with Crippen LogP contribution in [-0.2, 0) is 24.7 Å². The topological polar surface area (TPSA) is 67.2 Å². The third kappa shape index (κ3) is 2.52. The van der Waals surface area contributed by atoms with Crippen molar-refractivity contribution in [3.63, 3.8) is 0 Å². The highest BCUT2D eigenvalue weighted by Crippen LogP contribution is 2.36. The van der Waals surface area contributed by atoms with E-state index in [0.717, 1.165) is 23.3 Å². The highest BCUT2D eigenvalue weighted by molar-refractivity contribution is 5.86. The summed E-state index contributed by atoms with van der Waals surface area (Å²) in [5.74, 6) is 0.198. The number of carboxylic acid groups (broad SMARTS) is 1. The fourth-order valence-corrected chi connectivity index (χ4v) is 3.51. The van der Waals surface area contributed by atoms with Gasteiger partial charge in [0.2, 0.25) is 0 Å². The number of pyridine rings is 1. The number of nitrogens with zero attached hydrogens (tertiary/aromatic N) is 2. The summed E-state index contributed by atoms with van der Waals surface area (Å²) < 4.78 is 2.13. The van der Waals surface area contributed by atoms with Crippen LogP contribution in [0.25, 0.3) is 10.9 Å². The predicted molar refractivity (Wildman–Crippen MR) is 93.2 cm³/mol. The second-order valence-corrected chi connectivity index (χ2v) is 6.35. The molecule has 5 nitrogen and oxygen atoms in total. The van der Waals surface area contributed by atoms with Crippen LogP contribution in [0.2, 0.25) is 0 Å². The maximum Gasteiger partial charge on any atom is 0.303 e. The molecule has 1 unspecified atom stereocenters. The third-order valence-electron chi connectivity index (χ3n) is 4.71. The molecule has 2 N–H and O–H groups in total. The fourth-order valence-electron chi connectivity index (χ4n) is 3.51. The molecule has 0 amide bonds. The van der Waals surface area contributed by atoms with E-state index in [4.69, 9.17) is 5.11 Å². The first-order valence-electron chi connectivity index (χ1n) is 8.12. The third-order valence-corrected chi connectivity index (χ3v) is 4.71. The van der Waals surface area contributed by atoms with Crippen LogP contribution in [0.4, 0.5) is 5.82 Å². The Bertz CT molecular complexity index is 905. The van der Waals surface area contributed by atoms with E-state index in [1.807, 2.05) is 19.2 Å². The Morgan fingerprint density at radius 3 is 3.08 bits per heavy atom. The van der Waals surface area contributed by atoms with E-state index in [2.05, 4.69) is 39.3 Å². The Kier molecular flexibility index (Phi) is 3.49. The lowest BCUT2D eigenvalue weighted by molar-refractivity contribution is -0.136. The van der Waals surface area contributed by atoms with E-state index in [1.54, 1.807) is 6.20 Å². The Hall–Kier alpha value is -2.82. The molecule has 3 aromatic rings. The molecule has 3 heterocycles. The van der Waals surface area contributed by atoms with E-state index in [-0.39, 0.29) is 12.5 Å². The molecular formula is C19H19N3O2. The highest BCUT2D eigenvalue weighted by atomic mass is 16.4. The van der Waals surface area contributed by atoms with Gasteiger partial charge in [0.05, 0.1) is 6.04 Å². The van der Waals surface area contributed by atoms with Gasteiger partial charge in [0, 0.05) is 48.7 Å². The van der Waals surface area contributed by atoms with Crippen LogP contribution < -0.4 is 5.32 Å². The molecule has 0 spiro atoms. The van der Waals surface area contributed by atoms with Crippen molar-refractivity contribution in [2.24, 2.45) is 7.05 Å². The van der Waals surface area contributed by atoms with Crippen molar-refractivity contribution in [2.45, 2.75) is 25.3 Å². The zero-order valence-corrected chi connectivity index (χ0v) is 13.5. The van der Waals surface area contributed by atoms with Crippen molar-refractivity contribution in [1.29, 1.82) is 0 Å². The van der Waals surface area contributed by atoms with Crippen molar-refractivity contribution in [2.75, 3.05) is 5.32 Å². The molecule has 0 aliphatic carbocycles. The minimum atomic E-state index is -0.762. The van der Waals surface area contributed by atoms with Gasteiger partial charge in [-0.2, -0.15) is 0 Å². The van der Waals surface area contributed by atoms with Gasteiger partial charge in [-0.3, -0.25) is 4.79 Å². The molecule has 0 bridgehead atoms. The Balaban J connectivity index is 1.70. The van der Waals surface area contributed by atoms with Gasteiger partial charge in [-0.05, 0) is 35.7 Å². The first-order valence-corrected chi connectivity index (χ1v) is 8.12. The summed E-state index contributed by atoms with van der Waals surface area (Å²) in [5, 5.41) is 13.6. The molecule has 1 atom stereocenters. The van der Waals surface area contributed by atoms with E-state index in [9.17, 15) is 4.79 Å². The molecule has 1 aliphatic heterocycles. The Labute approximate surface area is 139 Å². The summed E-state index contributed by atoms with van der Waals surface area (Å²) >= 11 is 0. The number of fused-ring (bicyclic) bond motifs is 2. The van der Waals surface area contributed by atoms with Crippen molar-refractivity contribution >= 4 is 22.7 Å². The van der Waals surface area contributed by atoms with Gasteiger partial charge in [-0.25, -0.2) is 4.98 Å². The Morgan fingerprint density at radius 1 is 1.42 bits per heavy atom. The van der Waals surface area contributed by atoms with Crippen molar-refractivity contribution in [3.05, 3.63) is 59.4 Å². The van der Waals surface area contributed by atoms with E-state index in [1.165, 1.54) is 16.5 Å². The summed E-state index contributed by atoms with van der Waals surface area (Å²) in [6, 6.07) is 10.5. The summed E-state index contributed by atoms with van der Waals surface area (Å²) in [6.45, 7) is 0. The molecule has 2 aromatic heterocycles. The lowest BCUT2D eigenvalue weighted by Crippen LogP contribution is -2.05. The maximum atomic E-state index is 10.8. The highest BCUT2D eigenvalue weighted by Gasteiger charge is 2.25. The predicted octanol–water partition coefficient (Wildman–Crippen LogP) is 3.30. The van der Waals surface area contributed by atoms with Crippen molar-refractivity contribution < 1.29 is 9.90 Å². The van der Waals surface area contributed by atoms with Crippen LogP contribution >= 0.6 is 0 Å². The minimum absolute atomic E-state index is 0.157. The second-order valence-electron chi connectivity index (χ2n) is 6.35. The van der Waals surface area contributed by atoms with Gasteiger partial charge < -0.3 is 15.0 Å². The number of anilines is 1. The van der Waals surface area contributed by atoms with Gasteiger partial charge in [-0.15, -0.1) is 0 Å². The van der Waals surface area contributed by atoms with Crippen LogP contribution in [0.1, 0.15) is 29.2 Å². The average Bonchev–Trinajstić information content (AvgIpc) is 3.14. The zero-order valence-electron chi connectivity index (χ0n) is 13.5. The van der Waals surface area contributed by atoms with Crippen LogP contribution in [0, 0.1) is 0 Å². The molecule has 0 fully saturated rings. The molecule has 4 rings (SSSR count). The number of carboxylic acids is 1. The van der Waals surface area contributed by atoms with E-state index >= 15 is 0 Å². The van der Waals surface area contributed by atoms with Crippen LogP contribution in [0.15, 0.2) is 42.7 Å². The summed E-state index contributed by atoms with van der Waals surface area (Å²) in [5.41, 5.74) is 4.70. The number of hydrogen-bond acceptors (Lipinski definition) is 3. The van der Waals surface area contributed by atoms with Crippen molar-refractivity contribution in [1.82, 2.24) is 9.55 Å². The number of aromatic nitrogens is 2. The van der Waals surface area contributed by atoms with Gasteiger partial charge >= 0.3 is 5.97 Å². The first kappa shape index (κ1) is 14.8. The molecule has 0 saturated carbocycles. The molecule has 24 heavy (non-hydrogen) atoms. The number of carbonyl (C=O) groups is 1. The van der Waals surface area contributed by atoms with E-state index < -0.39 is 5.97 Å². The van der Waals surface area contributed by atoms with Gasteiger partial charge in [0.15, 0.2) is 0 Å². The molecule has 1 aliphatic rings. The number of hydrogen-bond donors (Lipinski definition) is 2. The van der Waals surface area contributed by atoms with Gasteiger partial charge in [0.25, 0.3) is 0 Å². The zero-order chi connectivity index (χ0) is 16.7. The monoisotopic (exact) mass is 321 g/mol. The Morgan fingerprint density at radius 2 is 2.29 bits per heavy atom. The van der Waals surface area contributed by atoms with Crippen LogP contribution in [0.5, 0.6) is 0 Å². The number of benzene rings is 1. The molecule has 0 saturated heterocycles. The molecule has 122 valence electrons. The fraction of sp³-hybridized carbons (Fsp3) is 0.263. The van der Waals surface area contributed by atoms with E-state index in [0.29, 0.717) is 6.42 Å². The quantitative estimate of drug-likeness (QED) is 0.774. The standard InChI is InChI=1S/C19H19N3O2/c1-22-11-15(16-10-13-3-2-8-20-19(13)21-16)14-9-12(4-6-17(14)22)5-7-18(23)24/h2-4,6,8-9,11,16H,5,7,10H2,1H3,(H,20,21)(H,23,24). The largest absolute Gasteiger partial charge is 0.481 e. The molecule has 1 aromatic carbocycles. The molecule has 0 radical (unpaired) electrons. The van der Waals surface area contributed by atoms with Crippen LogP contribution in [-0.4, -0.2) is 20.6 Å². The summed E-state index contributed by atoms with van der Waals surface area (Å²) in [4.78, 5) is 15.2. The number of aliphatic carboxylic acids is 1. The summed E-state index contributed by atoms with van der Waals surface area (Å²) in [7, 11) is 2.04. The summed E-state index contributed by atoms with van der Waals surface area (Å²) in [6.07, 6.45) is 5.60. The first-order chi connectivity index (χ1) is 11.6. The molecular weight excluding hydrogens is 302 g/mol. The SMILES string of the molecule is Cn1cc(C2Cc3cccnc3N2)c2cc(CCC(=O)O)ccc21. The average molecular weight is 321 g/mol. The smallest absolute Gasteiger partial charge is 0.303 e. The van der Waals surface area contributed by atoms with Gasteiger partial charge in [-0.1, -0.05) is 12.1 Å². The number of aryl methyl sites for hydroxylation is 2. The van der Waals surface area contributed by atoms with Crippen LogP contribution in [0.3, 0.4) is 0 Å². The normalized spacial score (nSPS) is 16.1. The second kappa shape index (κ2) is 5.67. The van der Waals surface area contributed by atoms with Crippen molar-refractivity contribution in [3.8, 4) is 0 Å². The number of nitrogens with one attached hydrogen (secondary N) is 1. The number of rotatable bonds is 4. The lowest BCUT2D eigenvalue weighted by atomic mass is 10.00. The maximum absolute atomic E-state index is 10.8.